The first-order valence-corrected chi connectivity index (χ1v) is 35.6. The molecule has 0 radical (unpaired) electrons. The fourth-order valence-electron chi connectivity index (χ4n) is 12.2. The quantitative estimate of drug-likeness (QED) is 0.0412. The third-order valence-corrected chi connectivity index (χ3v) is 17.3. The molecule has 8 amide bonds. The van der Waals surface area contributed by atoms with Crippen LogP contribution in [0.3, 0.4) is 0 Å². The standard InChI is InChI=1S/4C19H22N2O6/c4*1-2-25-18-14(11-16(22)27-18)20-17(23)15-9-6-10-21(15)19(24)26-12-13-7-4-3-5-8-13/h4*3-5,7-8,11,15,18H,2,6,9-10,12H2,1H3,(H,20,23)/t2*15-,18+;2*15-,18-/m1010/s1. The van der Waals surface area contributed by atoms with Crippen molar-refractivity contribution in [3.05, 3.63) is 191 Å². The van der Waals surface area contributed by atoms with Gasteiger partial charge >= 0.3 is 48.3 Å². The highest BCUT2D eigenvalue weighted by atomic mass is 16.7. The van der Waals surface area contributed by atoms with Crippen LogP contribution in [0.15, 0.2) is 168 Å². The number of likely N-dealkylation sites (tertiary alicyclic amines) is 4. The predicted molar refractivity (Wildman–Crippen MR) is 376 cm³/mol. The summed E-state index contributed by atoms with van der Waals surface area (Å²) in [6.07, 6.45) is 3.77. The van der Waals surface area contributed by atoms with E-state index in [1.165, 1.54) is 43.9 Å². The molecule has 0 saturated carbocycles. The zero-order chi connectivity index (χ0) is 76.9. The van der Waals surface area contributed by atoms with Crippen LogP contribution in [0.4, 0.5) is 19.2 Å². The van der Waals surface area contributed by atoms with Crippen LogP contribution in [0.2, 0.25) is 0 Å². The Morgan fingerprint density at radius 3 is 0.704 bits per heavy atom. The highest BCUT2D eigenvalue weighted by Crippen LogP contribution is 2.27. The minimum absolute atomic E-state index is 0.143. The number of nitrogens with zero attached hydrogens (tertiary/aromatic N) is 4. The minimum atomic E-state index is -0.925. The maximum absolute atomic E-state index is 12.6. The van der Waals surface area contributed by atoms with Crippen molar-refractivity contribution in [3.8, 4) is 0 Å². The first kappa shape index (κ1) is 80.6. The lowest BCUT2D eigenvalue weighted by Crippen LogP contribution is -2.46. The van der Waals surface area contributed by atoms with Crippen molar-refractivity contribution in [1.82, 2.24) is 40.9 Å². The van der Waals surface area contributed by atoms with E-state index in [1.54, 1.807) is 27.7 Å². The van der Waals surface area contributed by atoms with Crippen LogP contribution in [0.25, 0.3) is 0 Å². The maximum atomic E-state index is 12.6. The number of carbonyl (C=O) groups is 12. The van der Waals surface area contributed by atoms with Gasteiger partial charge in [-0.1, -0.05) is 121 Å². The Hall–Kier alpha value is -11.5. The molecule has 0 bridgehead atoms. The third-order valence-electron chi connectivity index (χ3n) is 17.3. The van der Waals surface area contributed by atoms with E-state index in [1.807, 2.05) is 121 Å². The molecule has 8 aliphatic heterocycles. The van der Waals surface area contributed by atoms with Gasteiger partial charge in [0, 0.05) is 76.9 Å². The Morgan fingerprint density at radius 2 is 0.519 bits per heavy atom. The van der Waals surface area contributed by atoms with Gasteiger partial charge in [-0.2, -0.15) is 0 Å². The summed E-state index contributed by atoms with van der Waals surface area (Å²) in [6.45, 7) is 10.7. The summed E-state index contributed by atoms with van der Waals surface area (Å²) in [5.41, 5.74) is 4.48. The molecule has 0 aliphatic carbocycles. The summed E-state index contributed by atoms with van der Waals surface area (Å²) in [5, 5.41) is 10.6. The zero-order valence-corrected chi connectivity index (χ0v) is 60.2. The van der Waals surface area contributed by atoms with Crippen molar-refractivity contribution in [2.75, 3.05) is 52.6 Å². The summed E-state index contributed by atoms with van der Waals surface area (Å²) in [7, 11) is 0. The Balaban J connectivity index is 0.000000166. The first-order valence-electron chi connectivity index (χ1n) is 35.6. The number of amides is 8. The zero-order valence-electron chi connectivity index (χ0n) is 60.2. The van der Waals surface area contributed by atoms with E-state index in [0.717, 1.165) is 22.3 Å². The second-order valence-electron chi connectivity index (χ2n) is 24.8. The Labute approximate surface area is 622 Å². The van der Waals surface area contributed by atoms with E-state index in [0.29, 0.717) is 104 Å². The van der Waals surface area contributed by atoms with Crippen LogP contribution in [0.5, 0.6) is 0 Å². The Bertz CT molecular complexity index is 3430. The summed E-state index contributed by atoms with van der Waals surface area (Å²) in [4.78, 5) is 151. The second-order valence-corrected chi connectivity index (χ2v) is 24.8. The van der Waals surface area contributed by atoms with Gasteiger partial charge in [0.25, 0.3) is 0 Å². The summed E-state index contributed by atoms with van der Waals surface area (Å²) in [6, 6.07) is 34.7. The molecule has 4 fully saturated rings. The molecule has 4 aromatic carbocycles. The third kappa shape index (κ3) is 23.3. The summed E-state index contributed by atoms with van der Waals surface area (Å²) >= 11 is 0. The highest BCUT2D eigenvalue weighted by Gasteiger charge is 2.42. The van der Waals surface area contributed by atoms with Crippen molar-refractivity contribution in [3.63, 3.8) is 0 Å². The monoisotopic (exact) mass is 1500 g/mol. The van der Waals surface area contributed by atoms with Crippen molar-refractivity contribution >= 4 is 71.9 Å². The van der Waals surface area contributed by atoms with Gasteiger partial charge in [0.1, 0.15) is 50.6 Å². The van der Waals surface area contributed by atoms with Crippen LogP contribution in [0, 0.1) is 0 Å². The van der Waals surface area contributed by atoms with Gasteiger partial charge in [0.05, 0.1) is 22.8 Å². The maximum Gasteiger partial charge on any atom is 0.410 e. The van der Waals surface area contributed by atoms with Gasteiger partial charge in [0.2, 0.25) is 48.8 Å². The van der Waals surface area contributed by atoms with Gasteiger partial charge in [-0.05, 0) is 101 Å². The second kappa shape index (κ2) is 40.9. The molecule has 0 unspecified atom stereocenters. The summed E-state index contributed by atoms with van der Waals surface area (Å²) in [5.74, 6) is -3.86. The molecule has 8 aliphatic rings. The van der Waals surface area contributed by atoms with Crippen molar-refractivity contribution < 1.29 is 114 Å². The number of rotatable bonds is 24. The number of hydrogen-bond acceptors (Lipinski definition) is 24. The largest absolute Gasteiger partial charge is 0.445 e. The van der Waals surface area contributed by atoms with E-state index in [-0.39, 0.29) is 49.2 Å². The van der Waals surface area contributed by atoms with Crippen LogP contribution in [0.1, 0.15) is 101 Å². The molecule has 576 valence electrons. The molecule has 108 heavy (non-hydrogen) atoms. The highest BCUT2D eigenvalue weighted by molar-refractivity contribution is 5.94. The number of cyclic esters (lactones) is 4. The lowest BCUT2D eigenvalue weighted by Gasteiger charge is -2.24. The molecule has 4 N–H and O–H groups in total. The van der Waals surface area contributed by atoms with Crippen LogP contribution in [-0.4, -0.2) is 193 Å². The van der Waals surface area contributed by atoms with Crippen molar-refractivity contribution in [2.24, 2.45) is 0 Å². The lowest BCUT2D eigenvalue weighted by atomic mass is 10.2. The van der Waals surface area contributed by atoms with E-state index in [2.05, 4.69) is 21.3 Å². The average Bonchev–Trinajstić information content (AvgIpc) is 1.67. The number of nitrogens with one attached hydrogen (secondary N) is 4. The lowest BCUT2D eigenvalue weighted by molar-refractivity contribution is -0.160. The molecule has 8 atom stereocenters. The molecule has 4 aromatic rings. The first-order chi connectivity index (χ1) is 52.3. The smallest absolute Gasteiger partial charge is 0.410 e. The molecule has 8 heterocycles. The van der Waals surface area contributed by atoms with Gasteiger partial charge in [-0.25, -0.2) is 38.4 Å². The summed E-state index contributed by atoms with van der Waals surface area (Å²) < 4.78 is 62.3. The van der Waals surface area contributed by atoms with E-state index in [4.69, 9.17) is 56.8 Å². The molecule has 0 aromatic heterocycles. The Morgan fingerprint density at radius 1 is 0.324 bits per heavy atom. The fourth-order valence-corrected chi connectivity index (χ4v) is 12.2. The normalized spacial score (nSPS) is 21.6. The van der Waals surface area contributed by atoms with E-state index in [9.17, 15) is 57.5 Å². The molecular weight excluding hydrogens is 1410 g/mol. The predicted octanol–water partition coefficient (Wildman–Crippen LogP) is 6.83. The molecule has 32 heteroatoms. The number of ether oxygens (including phenoxy) is 12. The van der Waals surface area contributed by atoms with Crippen molar-refractivity contribution in [1.29, 1.82) is 0 Å². The van der Waals surface area contributed by atoms with Crippen LogP contribution < -0.4 is 21.3 Å². The van der Waals surface area contributed by atoms with Crippen LogP contribution in [-0.2, 0) is 122 Å². The fraction of sp³-hybridized carbons (Fsp3) is 0.421. The molecule has 32 nitrogen and oxygen atoms in total. The number of esters is 4. The minimum Gasteiger partial charge on any atom is -0.445 e. The average molecular weight is 1500 g/mol. The number of carbonyl (C=O) groups excluding carboxylic acids is 12. The van der Waals surface area contributed by atoms with Gasteiger partial charge in [-0.3, -0.25) is 38.8 Å². The Kier molecular flexibility index (Phi) is 30.5. The molecule has 4 saturated heterocycles. The van der Waals surface area contributed by atoms with E-state index < -0.39 is 121 Å². The van der Waals surface area contributed by atoms with E-state index >= 15 is 0 Å². The molecular formula is C76H88N8O24. The van der Waals surface area contributed by atoms with Gasteiger partial charge in [-0.15, -0.1) is 0 Å². The molecule has 12 rings (SSSR count). The van der Waals surface area contributed by atoms with Crippen molar-refractivity contribution in [2.45, 2.75) is 155 Å². The van der Waals surface area contributed by atoms with Gasteiger partial charge in [0.15, 0.2) is 0 Å². The SMILES string of the molecule is CCO[C@@H]1OC(=O)C=C1NC(=O)[C@@H]1CCCN1C(=O)OCc1ccccc1.CCO[C@@H]1OC(=O)C=C1NC(=O)[C@H]1CCCN1C(=O)OCc1ccccc1.CCO[C@H]1OC(=O)C=C1NC(=O)[C@@H]1CCCN1C(=O)OCc1ccccc1.CCO[C@H]1OC(=O)C=C1NC(=O)[C@H]1CCCN1C(=O)OCc1ccccc1. The topological polar surface area (TPSA) is 377 Å². The van der Waals surface area contributed by atoms with Crippen LogP contribution >= 0.6 is 0 Å². The van der Waals surface area contributed by atoms with Gasteiger partial charge < -0.3 is 78.1 Å². The number of benzene rings is 4. The number of hydrogen-bond donors (Lipinski definition) is 4. The molecule has 0 spiro atoms.